The van der Waals surface area contributed by atoms with Crippen molar-refractivity contribution in [2.24, 2.45) is 0 Å². The van der Waals surface area contributed by atoms with E-state index >= 15 is 0 Å². The molecule has 5 rings (SSSR count). The van der Waals surface area contributed by atoms with E-state index in [0.717, 1.165) is 22.4 Å². The normalized spacial score (nSPS) is 14.8. The molecule has 1 amide bonds. The minimum Gasteiger partial charge on any atom is -0.488 e. The van der Waals surface area contributed by atoms with E-state index in [2.05, 4.69) is 26.2 Å². The van der Waals surface area contributed by atoms with Gasteiger partial charge in [0.25, 0.3) is 5.91 Å². The Morgan fingerprint density at radius 1 is 1.06 bits per heavy atom. The molecule has 176 valence electrons. The Hall–Kier alpha value is -4.17. The Labute approximate surface area is 207 Å². The number of hydrogen-bond donors (Lipinski definition) is 2. The molecule has 0 aliphatic carbocycles. The largest absolute Gasteiger partial charge is 0.488 e. The van der Waals surface area contributed by atoms with Crippen molar-refractivity contribution < 1.29 is 9.53 Å². The topological polar surface area (TPSA) is 94.0 Å². The fourth-order valence-electron chi connectivity index (χ4n) is 4.11. The van der Waals surface area contributed by atoms with Crippen LogP contribution in [-0.4, -0.2) is 26.1 Å². The van der Waals surface area contributed by atoms with E-state index < -0.39 is 6.04 Å². The molecule has 2 N–H and O–H groups in total. The highest BCUT2D eigenvalue weighted by Gasteiger charge is 2.35. The lowest BCUT2D eigenvalue weighted by Gasteiger charge is -2.29. The van der Waals surface area contributed by atoms with Gasteiger partial charge in [0.15, 0.2) is 0 Å². The number of carbonyl (C=O) groups is 1. The van der Waals surface area contributed by atoms with Crippen LogP contribution in [-0.2, 0) is 11.4 Å². The van der Waals surface area contributed by atoms with Gasteiger partial charge in [-0.25, -0.2) is 0 Å². The van der Waals surface area contributed by atoms with Gasteiger partial charge in [-0.15, -0.1) is 0 Å². The number of ether oxygens (including phenoxy) is 1. The lowest BCUT2D eigenvalue weighted by Crippen LogP contribution is -2.32. The van der Waals surface area contributed by atoms with Crippen LogP contribution < -0.4 is 15.4 Å². The van der Waals surface area contributed by atoms with Crippen LogP contribution in [0.15, 0.2) is 84.1 Å². The minimum absolute atomic E-state index is 0.253. The van der Waals surface area contributed by atoms with Gasteiger partial charge in [0.1, 0.15) is 18.4 Å². The van der Waals surface area contributed by atoms with Crippen molar-refractivity contribution in [1.29, 1.82) is 0 Å². The molecule has 35 heavy (non-hydrogen) atoms. The van der Waals surface area contributed by atoms with Gasteiger partial charge in [0, 0.05) is 27.5 Å². The van der Waals surface area contributed by atoms with Gasteiger partial charge in [-0.3, -0.25) is 4.79 Å². The number of para-hydroxylation sites is 2. The predicted molar refractivity (Wildman–Crippen MR) is 134 cm³/mol. The monoisotopic (exact) mass is 486 g/mol. The number of fused-ring (bicyclic) bond motifs is 1. The summed E-state index contributed by atoms with van der Waals surface area (Å²) in [4.78, 5) is 13.6. The van der Waals surface area contributed by atoms with Crippen LogP contribution in [0.4, 0.5) is 11.6 Å². The first-order chi connectivity index (χ1) is 17.0. The number of halogens is 1. The number of tetrazole rings is 1. The molecule has 0 saturated heterocycles. The number of aryl methyl sites for hydroxylation is 1. The first-order valence-corrected chi connectivity index (χ1v) is 11.5. The Morgan fingerprint density at radius 2 is 1.80 bits per heavy atom. The summed E-state index contributed by atoms with van der Waals surface area (Å²) in [7, 11) is 0. The van der Waals surface area contributed by atoms with Crippen molar-refractivity contribution in [2.45, 2.75) is 26.5 Å². The average Bonchev–Trinajstić information content (AvgIpc) is 3.32. The van der Waals surface area contributed by atoms with E-state index in [-0.39, 0.29) is 12.5 Å². The maximum atomic E-state index is 13.6. The number of allylic oxidation sites excluding steroid dienone is 1. The standard InChI is InChI=1S/C26H23ClN6O2/c1-16-9-3-7-13-21(16)29-25(34)23-17(2)28-26-30-31-32-33(26)24(23)19-11-5-8-14-22(19)35-15-18-10-4-6-12-20(18)27/h3-14,24H,15H2,1-2H3,(H,29,34)(H,28,30,32). The summed E-state index contributed by atoms with van der Waals surface area (Å²) in [5, 5.41) is 18.9. The summed E-state index contributed by atoms with van der Waals surface area (Å²) in [5.74, 6) is 0.798. The van der Waals surface area contributed by atoms with Crippen LogP contribution in [0.3, 0.4) is 0 Å². The maximum Gasteiger partial charge on any atom is 0.255 e. The van der Waals surface area contributed by atoms with Crippen molar-refractivity contribution in [3.8, 4) is 5.75 Å². The van der Waals surface area contributed by atoms with Crippen molar-refractivity contribution in [3.05, 3.63) is 106 Å². The maximum absolute atomic E-state index is 13.6. The molecule has 0 spiro atoms. The van der Waals surface area contributed by atoms with Crippen LogP contribution in [0.5, 0.6) is 5.75 Å². The SMILES string of the molecule is CC1=C(C(=O)Nc2ccccc2C)C(c2ccccc2OCc2ccccc2Cl)n2nnnc2N1. The van der Waals surface area contributed by atoms with Crippen molar-refractivity contribution in [3.63, 3.8) is 0 Å². The molecule has 1 atom stereocenters. The predicted octanol–water partition coefficient (Wildman–Crippen LogP) is 5.14. The molecule has 1 aromatic heterocycles. The van der Waals surface area contributed by atoms with Crippen molar-refractivity contribution in [1.82, 2.24) is 20.2 Å². The molecule has 0 fully saturated rings. The number of carbonyl (C=O) groups excluding carboxylic acids is 1. The van der Waals surface area contributed by atoms with Crippen molar-refractivity contribution >= 4 is 29.1 Å². The zero-order chi connectivity index (χ0) is 24.4. The highest BCUT2D eigenvalue weighted by molar-refractivity contribution is 6.31. The zero-order valence-electron chi connectivity index (χ0n) is 19.2. The smallest absolute Gasteiger partial charge is 0.255 e. The van der Waals surface area contributed by atoms with Gasteiger partial charge < -0.3 is 15.4 Å². The number of amides is 1. The quantitative estimate of drug-likeness (QED) is 0.392. The van der Waals surface area contributed by atoms with Gasteiger partial charge in [0.05, 0.1) is 5.57 Å². The molecular formula is C26H23ClN6O2. The van der Waals surface area contributed by atoms with Crippen LogP contribution in [0.2, 0.25) is 5.02 Å². The molecule has 1 unspecified atom stereocenters. The van der Waals surface area contributed by atoms with E-state index in [4.69, 9.17) is 16.3 Å². The molecule has 0 radical (unpaired) electrons. The molecule has 0 bridgehead atoms. The van der Waals surface area contributed by atoms with Gasteiger partial charge in [-0.05, 0) is 48.0 Å². The fraction of sp³-hybridized carbons (Fsp3) is 0.154. The molecule has 1 aliphatic heterocycles. The molecule has 8 nitrogen and oxygen atoms in total. The Bertz CT molecular complexity index is 1430. The molecule has 9 heteroatoms. The van der Waals surface area contributed by atoms with Gasteiger partial charge in [-0.2, -0.15) is 4.68 Å². The lowest BCUT2D eigenvalue weighted by molar-refractivity contribution is -0.113. The summed E-state index contributed by atoms with van der Waals surface area (Å²) >= 11 is 6.33. The molecule has 3 aromatic carbocycles. The van der Waals surface area contributed by atoms with E-state index in [1.54, 1.807) is 4.68 Å². The molecular weight excluding hydrogens is 464 g/mol. The van der Waals surface area contributed by atoms with Crippen molar-refractivity contribution in [2.75, 3.05) is 10.6 Å². The summed E-state index contributed by atoms with van der Waals surface area (Å²) in [6, 6.07) is 22.1. The Balaban J connectivity index is 1.53. The number of benzene rings is 3. The molecule has 1 aliphatic rings. The third-order valence-electron chi connectivity index (χ3n) is 5.91. The first-order valence-electron chi connectivity index (χ1n) is 11.1. The van der Waals surface area contributed by atoms with Crippen LogP contribution in [0.25, 0.3) is 0 Å². The van der Waals surface area contributed by atoms with E-state index in [0.29, 0.717) is 28.0 Å². The van der Waals surface area contributed by atoms with Gasteiger partial charge in [-0.1, -0.05) is 71.3 Å². The molecule has 0 saturated carbocycles. The number of hydrogen-bond acceptors (Lipinski definition) is 6. The number of nitrogens with one attached hydrogen (secondary N) is 2. The molecule has 4 aromatic rings. The third kappa shape index (κ3) is 4.48. The van der Waals surface area contributed by atoms with E-state index in [9.17, 15) is 4.79 Å². The summed E-state index contributed by atoms with van der Waals surface area (Å²) in [6.07, 6.45) is 0. The Morgan fingerprint density at radius 3 is 2.63 bits per heavy atom. The fourth-order valence-corrected chi connectivity index (χ4v) is 4.30. The second-order valence-corrected chi connectivity index (χ2v) is 8.61. The van der Waals surface area contributed by atoms with Crippen LogP contribution in [0.1, 0.15) is 29.7 Å². The number of anilines is 2. The highest BCUT2D eigenvalue weighted by atomic mass is 35.5. The van der Waals surface area contributed by atoms with Gasteiger partial charge >= 0.3 is 0 Å². The van der Waals surface area contributed by atoms with Crippen LogP contribution >= 0.6 is 11.6 Å². The van der Waals surface area contributed by atoms with E-state index in [1.165, 1.54) is 0 Å². The summed E-state index contributed by atoms with van der Waals surface area (Å²) < 4.78 is 7.80. The Kier molecular flexibility index (Phi) is 6.20. The third-order valence-corrected chi connectivity index (χ3v) is 6.28. The molecule has 2 heterocycles. The summed E-state index contributed by atoms with van der Waals surface area (Å²) in [6.45, 7) is 4.06. The second kappa shape index (κ2) is 9.60. The van der Waals surface area contributed by atoms with Gasteiger partial charge in [0.2, 0.25) is 5.95 Å². The number of aromatic nitrogens is 4. The highest BCUT2D eigenvalue weighted by Crippen LogP contribution is 2.39. The lowest BCUT2D eigenvalue weighted by atomic mass is 9.94. The van der Waals surface area contributed by atoms with Crippen LogP contribution in [0, 0.1) is 6.92 Å². The van der Waals surface area contributed by atoms with E-state index in [1.807, 2.05) is 86.6 Å². The number of rotatable bonds is 6. The zero-order valence-corrected chi connectivity index (χ0v) is 20.0. The number of nitrogens with zero attached hydrogens (tertiary/aromatic N) is 4. The second-order valence-electron chi connectivity index (χ2n) is 8.20. The average molecular weight is 487 g/mol. The minimum atomic E-state index is -0.604. The first kappa shape index (κ1) is 22.6. The summed E-state index contributed by atoms with van der Waals surface area (Å²) in [5.41, 5.74) is 4.46.